The molecule has 3 rings (SSSR count). The number of rotatable bonds is 27. The summed E-state index contributed by atoms with van der Waals surface area (Å²) in [6.45, 7) is 17.7. The number of anilines is 1. The van der Waals surface area contributed by atoms with Crippen molar-refractivity contribution in [1.29, 1.82) is 0 Å². The van der Waals surface area contributed by atoms with Gasteiger partial charge in [-0.25, -0.2) is 4.72 Å². The molecule has 0 fully saturated rings. The van der Waals surface area contributed by atoms with Crippen LogP contribution in [0.5, 0.6) is 11.5 Å². The quantitative estimate of drug-likeness (QED) is 0.0437. The molecule has 0 aliphatic rings. The summed E-state index contributed by atoms with van der Waals surface area (Å²) in [7, 11) is 0.888. The molecule has 1 heterocycles. The van der Waals surface area contributed by atoms with E-state index in [2.05, 4.69) is 63.3 Å². The van der Waals surface area contributed by atoms with Gasteiger partial charge < -0.3 is 28.7 Å². The number of amides is 1. The van der Waals surface area contributed by atoms with Gasteiger partial charge in [-0.2, -0.15) is 4.98 Å². The van der Waals surface area contributed by atoms with Crippen LogP contribution < -0.4 is 19.9 Å². The van der Waals surface area contributed by atoms with Crippen LogP contribution in [0.25, 0.3) is 11.4 Å². The van der Waals surface area contributed by atoms with Gasteiger partial charge in [0.15, 0.2) is 11.5 Å². The Balaban J connectivity index is 1.96. The fourth-order valence-electron chi connectivity index (χ4n) is 8.30. The summed E-state index contributed by atoms with van der Waals surface area (Å²) in [5.41, 5.74) is 10.0. The first-order chi connectivity index (χ1) is 26.3. The van der Waals surface area contributed by atoms with Gasteiger partial charge in [-0.15, -0.1) is 0 Å². The van der Waals surface area contributed by atoms with E-state index in [4.69, 9.17) is 24.2 Å². The Hall–Kier alpha value is -3.06. The highest BCUT2D eigenvalue weighted by Gasteiger charge is 2.52. The van der Waals surface area contributed by atoms with Crippen LogP contribution >= 0.6 is 0 Å². The molecule has 1 aromatic heterocycles. The lowest BCUT2D eigenvalue weighted by atomic mass is 9.89. The number of primary amides is 1. The van der Waals surface area contributed by atoms with Gasteiger partial charge in [-0.05, 0) is 59.4 Å². The van der Waals surface area contributed by atoms with Crippen LogP contribution in [0.2, 0.25) is 16.6 Å². The monoisotopic (exact) mass is 798 g/mol. The number of nitrogens with one attached hydrogen (secondary N) is 1. The number of methoxy groups -OCH3 is 2. The SMILES string of the molecule is CCCCCCCCCCCCCCC(C(N)=O)(c1cc(CO[Si](C(C)C)(C(C)C)C(C)C)c(OC)c(OC)c1)[S+]([O-])Nc1ccc(-c2noc(C)n2)cc1. The molecule has 2 atom stereocenters. The van der Waals surface area contributed by atoms with Crippen LogP contribution in [0, 0.1) is 6.92 Å². The lowest BCUT2D eigenvalue weighted by molar-refractivity contribution is -0.121. The van der Waals surface area contributed by atoms with Crippen molar-refractivity contribution in [3.8, 4) is 22.9 Å². The number of benzene rings is 2. The van der Waals surface area contributed by atoms with Gasteiger partial charge in [0.05, 0.1) is 37.9 Å². The minimum Gasteiger partial charge on any atom is -0.592 e. The maximum absolute atomic E-state index is 14.8. The summed E-state index contributed by atoms with van der Waals surface area (Å²) in [5.74, 6) is 1.22. The van der Waals surface area contributed by atoms with Gasteiger partial charge in [0.25, 0.3) is 10.7 Å². The summed E-state index contributed by atoms with van der Waals surface area (Å²) in [4.78, 5) is 18.2. The predicted octanol–water partition coefficient (Wildman–Crippen LogP) is 11.3. The third-order valence-corrected chi connectivity index (χ3v) is 18.9. The molecular weight excluding hydrogens is 729 g/mol. The third kappa shape index (κ3) is 12.0. The van der Waals surface area contributed by atoms with Crippen LogP contribution in [0.1, 0.15) is 149 Å². The van der Waals surface area contributed by atoms with Gasteiger partial charge in [0, 0.05) is 30.0 Å². The lowest BCUT2D eigenvalue weighted by Gasteiger charge is -2.42. The molecule has 0 radical (unpaired) electrons. The zero-order valence-corrected chi connectivity index (χ0v) is 37.2. The van der Waals surface area contributed by atoms with Crippen LogP contribution in [-0.2, 0) is 31.9 Å². The van der Waals surface area contributed by atoms with Crippen molar-refractivity contribution in [3.63, 3.8) is 0 Å². The minimum absolute atomic E-state index is 0.263. The van der Waals surface area contributed by atoms with Crippen molar-refractivity contribution in [1.82, 2.24) is 10.1 Å². The van der Waals surface area contributed by atoms with E-state index in [1.54, 1.807) is 39.3 Å². The van der Waals surface area contributed by atoms with Crippen molar-refractivity contribution in [2.24, 2.45) is 5.73 Å². The smallest absolute Gasteiger partial charge is 0.281 e. The average Bonchev–Trinajstić information content (AvgIpc) is 3.59. The molecular formula is C43H70N4O6SSi. The molecule has 10 nitrogen and oxygen atoms in total. The largest absolute Gasteiger partial charge is 0.592 e. The van der Waals surface area contributed by atoms with Crippen molar-refractivity contribution in [3.05, 3.63) is 53.4 Å². The zero-order chi connectivity index (χ0) is 40.6. The second-order valence-electron chi connectivity index (χ2n) is 15.9. The first-order valence-corrected chi connectivity index (χ1v) is 23.9. The van der Waals surface area contributed by atoms with E-state index in [1.807, 2.05) is 18.2 Å². The molecule has 0 spiro atoms. The Morgan fingerprint density at radius 3 is 1.87 bits per heavy atom. The van der Waals surface area contributed by atoms with Gasteiger partial charge in [-0.1, -0.05) is 124 Å². The number of ether oxygens (including phenoxy) is 2. The van der Waals surface area contributed by atoms with Crippen LogP contribution in [0.4, 0.5) is 5.69 Å². The normalized spacial score (nSPS) is 13.7. The highest BCUT2D eigenvalue weighted by atomic mass is 32.2. The molecule has 3 aromatic rings. The van der Waals surface area contributed by atoms with Crippen molar-refractivity contribution >= 4 is 31.3 Å². The van der Waals surface area contributed by atoms with E-state index in [0.29, 0.717) is 57.5 Å². The standard InChI is InChI=1S/C43H70N4O6SSi/c1-11-12-13-14-15-16-17-18-19-20-21-22-27-43(42(44)48,54(49)47-38-25-23-35(24-26-38)41-45-34(8)53-46-41)37-28-36(40(51-10)39(29-37)50-9)30-52-55(31(2)3,32(4)5)33(6)7/h23-26,28-29,31-33,47H,11-22,27,30H2,1-10H3,(H2,44,48). The highest BCUT2D eigenvalue weighted by molar-refractivity contribution is 7.94. The van der Waals surface area contributed by atoms with Crippen LogP contribution in [-0.4, -0.2) is 43.1 Å². The number of hydrogen-bond donors (Lipinski definition) is 2. The fraction of sp³-hybridized carbons (Fsp3) is 0.651. The van der Waals surface area contributed by atoms with E-state index in [1.165, 1.54) is 51.4 Å². The van der Waals surface area contributed by atoms with Gasteiger partial charge >= 0.3 is 0 Å². The Labute approximate surface area is 335 Å². The Morgan fingerprint density at radius 2 is 1.42 bits per heavy atom. The Morgan fingerprint density at radius 1 is 0.873 bits per heavy atom. The predicted molar refractivity (Wildman–Crippen MR) is 228 cm³/mol. The molecule has 0 saturated carbocycles. The van der Waals surface area contributed by atoms with Gasteiger partial charge in [0.1, 0.15) is 0 Å². The maximum atomic E-state index is 14.8. The second kappa shape index (κ2) is 22.6. The van der Waals surface area contributed by atoms with E-state index in [0.717, 1.165) is 30.4 Å². The third-order valence-electron chi connectivity index (χ3n) is 11.2. The molecule has 0 aliphatic carbocycles. The molecule has 2 unspecified atom stereocenters. The number of aromatic nitrogens is 2. The molecule has 0 saturated heterocycles. The Bertz CT molecular complexity index is 1560. The number of carbonyl (C=O) groups excluding carboxylic acids is 1. The van der Waals surface area contributed by atoms with Crippen LogP contribution in [0.15, 0.2) is 40.9 Å². The number of carbonyl (C=O) groups is 1. The summed E-state index contributed by atoms with van der Waals surface area (Å²) >= 11 is -1.98. The zero-order valence-electron chi connectivity index (χ0n) is 35.4. The molecule has 2 aromatic carbocycles. The van der Waals surface area contributed by atoms with Crippen molar-refractivity contribution in [2.75, 3.05) is 18.9 Å². The number of unbranched alkanes of at least 4 members (excludes halogenated alkanes) is 11. The number of nitrogens with two attached hydrogens (primary N) is 1. The van der Waals surface area contributed by atoms with Gasteiger partial charge in [0.2, 0.25) is 20.0 Å². The molecule has 0 aliphatic heterocycles. The van der Waals surface area contributed by atoms with E-state index >= 15 is 0 Å². The summed E-state index contributed by atoms with van der Waals surface area (Å²) in [5, 5.41) is 4.00. The number of nitrogens with zero attached hydrogens (tertiary/aromatic N) is 2. The lowest BCUT2D eigenvalue weighted by Crippen LogP contribution is -2.50. The summed E-state index contributed by atoms with van der Waals surface area (Å²) in [6, 6.07) is 10.9. The molecule has 0 bridgehead atoms. The number of hydrogen-bond acceptors (Lipinski definition) is 9. The average molecular weight is 799 g/mol. The Kier molecular flexibility index (Phi) is 19.0. The van der Waals surface area contributed by atoms with Crippen LogP contribution in [0.3, 0.4) is 0 Å². The van der Waals surface area contributed by atoms with E-state index in [9.17, 15) is 9.35 Å². The highest BCUT2D eigenvalue weighted by Crippen LogP contribution is 2.46. The molecule has 308 valence electrons. The van der Waals surface area contributed by atoms with Gasteiger partial charge in [-0.3, -0.25) is 4.79 Å². The summed E-state index contributed by atoms with van der Waals surface area (Å²) in [6.07, 6.45) is 14.4. The van der Waals surface area contributed by atoms with Crippen molar-refractivity contribution < 1.29 is 27.8 Å². The first-order valence-electron chi connectivity index (χ1n) is 20.6. The molecule has 1 amide bonds. The van der Waals surface area contributed by atoms with E-state index < -0.39 is 30.3 Å². The molecule has 12 heteroatoms. The molecule has 55 heavy (non-hydrogen) atoms. The van der Waals surface area contributed by atoms with Crippen molar-refractivity contribution in [2.45, 2.75) is 167 Å². The second-order valence-corrected chi connectivity index (χ2v) is 22.8. The minimum atomic E-state index is -2.29. The maximum Gasteiger partial charge on any atom is 0.281 e. The first kappa shape index (κ1) is 46.3. The summed E-state index contributed by atoms with van der Waals surface area (Å²) < 4.78 is 40.3. The topological polar surface area (TPSA) is 145 Å². The number of aryl methyl sites for hydroxylation is 1. The van der Waals surface area contributed by atoms with E-state index in [-0.39, 0.29) is 13.0 Å². The molecule has 3 N–H and O–H groups in total. The fourth-order valence-corrected chi connectivity index (χ4v) is 15.1.